The number of nitrogens with zero attached hydrogens (tertiary/aromatic N) is 2. The van der Waals surface area contributed by atoms with Gasteiger partial charge in [-0.1, -0.05) is 0 Å². The van der Waals surface area contributed by atoms with Gasteiger partial charge in [0.05, 0.1) is 5.56 Å². The number of benzene rings is 1. The van der Waals surface area contributed by atoms with E-state index in [1.807, 2.05) is 25.3 Å². The first-order valence-electron chi connectivity index (χ1n) is 6.62. The van der Waals surface area contributed by atoms with E-state index in [4.69, 9.17) is 4.74 Å². The van der Waals surface area contributed by atoms with Crippen molar-refractivity contribution < 1.29 is 17.9 Å². The first kappa shape index (κ1) is 15.4. The summed E-state index contributed by atoms with van der Waals surface area (Å²) in [5.41, 5.74) is 0.338. The van der Waals surface area contributed by atoms with Gasteiger partial charge in [0, 0.05) is 17.9 Å². The lowest BCUT2D eigenvalue weighted by molar-refractivity contribution is -0.137. The van der Waals surface area contributed by atoms with E-state index in [-0.39, 0.29) is 12.6 Å². The molecule has 0 radical (unpaired) electrons. The maximum Gasteiger partial charge on any atom is 0.416 e. The molecule has 0 atom stereocenters. The Kier molecular flexibility index (Phi) is 4.25. The Morgan fingerprint density at radius 2 is 1.81 bits per heavy atom. The summed E-state index contributed by atoms with van der Waals surface area (Å²) in [6, 6.07) is 4.90. The third-order valence-electron chi connectivity index (χ3n) is 3.12. The van der Waals surface area contributed by atoms with Crippen LogP contribution in [0.25, 0.3) is 0 Å². The molecule has 0 fully saturated rings. The summed E-state index contributed by atoms with van der Waals surface area (Å²) < 4.78 is 44.9. The summed E-state index contributed by atoms with van der Waals surface area (Å²) in [6.45, 7) is 6.25. The molecule has 0 aliphatic rings. The minimum atomic E-state index is -4.33. The topological polar surface area (TPSA) is 27.1 Å². The molecular weight excluding hydrogens is 281 g/mol. The fourth-order valence-corrected chi connectivity index (χ4v) is 2.20. The van der Waals surface area contributed by atoms with Crippen LogP contribution in [0.3, 0.4) is 0 Å². The van der Waals surface area contributed by atoms with Crippen molar-refractivity contribution in [1.29, 1.82) is 0 Å². The second-order valence-electron chi connectivity index (χ2n) is 5.09. The van der Waals surface area contributed by atoms with Crippen LogP contribution in [-0.2, 0) is 12.8 Å². The summed E-state index contributed by atoms with van der Waals surface area (Å²) in [5.74, 6) is 1.14. The number of aryl methyl sites for hydroxylation is 1. The zero-order valence-electron chi connectivity index (χ0n) is 12.1. The van der Waals surface area contributed by atoms with Crippen LogP contribution in [0.1, 0.15) is 37.0 Å². The van der Waals surface area contributed by atoms with Crippen molar-refractivity contribution in [2.45, 2.75) is 39.6 Å². The molecule has 0 amide bonds. The van der Waals surface area contributed by atoms with E-state index in [1.165, 1.54) is 12.1 Å². The third kappa shape index (κ3) is 3.56. The smallest absolute Gasteiger partial charge is 0.416 e. The number of hydrogen-bond acceptors (Lipinski definition) is 2. The number of hydrogen-bond donors (Lipinski definition) is 0. The second kappa shape index (κ2) is 5.79. The number of ether oxygens (including phenoxy) is 1. The molecule has 1 aromatic carbocycles. The lowest BCUT2D eigenvalue weighted by Crippen LogP contribution is -2.11. The predicted molar refractivity (Wildman–Crippen MR) is 73.1 cm³/mol. The van der Waals surface area contributed by atoms with Crippen LogP contribution in [0, 0.1) is 6.92 Å². The molecular formula is C15H17F3N2O. The van der Waals surface area contributed by atoms with Gasteiger partial charge >= 0.3 is 6.18 Å². The van der Waals surface area contributed by atoms with Crippen molar-refractivity contribution >= 4 is 0 Å². The van der Waals surface area contributed by atoms with E-state index in [1.54, 1.807) is 6.20 Å². The van der Waals surface area contributed by atoms with Gasteiger partial charge in [-0.25, -0.2) is 4.98 Å². The highest BCUT2D eigenvalue weighted by atomic mass is 19.4. The van der Waals surface area contributed by atoms with Crippen LogP contribution in [0.4, 0.5) is 13.2 Å². The average Bonchev–Trinajstić information content (AvgIpc) is 2.77. The van der Waals surface area contributed by atoms with E-state index in [0.717, 1.165) is 23.7 Å². The Labute approximate surface area is 121 Å². The normalized spacial score (nSPS) is 12.0. The standard InChI is InChI=1S/C15H17F3N2O/c1-10(2)20-11(3)8-19-14(20)9-21-13-6-4-12(5-7-13)15(16,17)18/h4-8,10H,9H2,1-3H3. The summed E-state index contributed by atoms with van der Waals surface area (Å²) in [4.78, 5) is 4.27. The Hall–Kier alpha value is -1.98. The molecule has 0 N–H and O–H groups in total. The first-order chi connectivity index (χ1) is 9.79. The van der Waals surface area contributed by atoms with Gasteiger partial charge in [-0.15, -0.1) is 0 Å². The Morgan fingerprint density at radius 3 is 2.33 bits per heavy atom. The highest BCUT2D eigenvalue weighted by Crippen LogP contribution is 2.30. The number of halogens is 3. The van der Waals surface area contributed by atoms with Crippen LogP contribution in [-0.4, -0.2) is 9.55 Å². The molecule has 21 heavy (non-hydrogen) atoms. The SMILES string of the molecule is Cc1cnc(COc2ccc(C(F)(F)F)cc2)n1C(C)C. The van der Waals surface area contributed by atoms with Crippen molar-refractivity contribution in [2.24, 2.45) is 0 Å². The Bertz CT molecular complexity index is 600. The summed E-state index contributed by atoms with van der Waals surface area (Å²) >= 11 is 0. The summed E-state index contributed by atoms with van der Waals surface area (Å²) in [7, 11) is 0. The average molecular weight is 298 g/mol. The minimum absolute atomic E-state index is 0.220. The van der Waals surface area contributed by atoms with Crippen LogP contribution in [0.2, 0.25) is 0 Å². The molecule has 0 saturated heterocycles. The minimum Gasteiger partial charge on any atom is -0.486 e. The number of imidazole rings is 1. The maximum absolute atomic E-state index is 12.5. The molecule has 1 aromatic heterocycles. The Morgan fingerprint density at radius 1 is 1.19 bits per heavy atom. The van der Waals surface area contributed by atoms with E-state index in [2.05, 4.69) is 4.98 Å². The molecule has 0 aliphatic carbocycles. The summed E-state index contributed by atoms with van der Waals surface area (Å²) in [6.07, 6.45) is -2.57. The molecule has 0 aliphatic heterocycles. The van der Waals surface area contributed by atoms with Gasteiger partial charge in [-0.05, 0) is 45.0 Å². The van der Waals surface area contributed by atoms with E-state index in [9.17, 15) is 13.2 Å². The Balaban J connectivity index is 2.07. The third-order valence-corrected chi connectivity index (χ3v) is 3.12. The second-order valence-corrected chi connectivity index (χ2v) is 5.09. The molecule has 3 nitrogen and oxygen atoms in total. The summed E-state index contributed by atoms with van der Waals surface area (Å²) in [5, 5.41) is 0. The molecule has 0 unspecified atom stereocenters. The monoisotopic (exact) mass is 298 g/mol. The number of rotatable bonds is 4. The zero-order chi connectivity index (χ0) is 15.6. The van der Waals surface area contributed by atoms with Crippen molar-refractivity contribution in [1.82, 2.24) is 9.55 Å². The van der Waals surface area contributed by atoms with E-state index < -0.39 is 11.7 Å². The predicted octanol–water partition coefficient (Wildman–Crippen LogP) is 4.37. The van der Waals surface area contributed by atoms with Gasteiger partial charge in [-0.3, -0.25) is 0 Å². The van der Waals surface area contributed by atoms with Gasteiger partial charge in [0.2, 0.25) is 0 Å². The number of aromatic nitrogens is 2. The van der Waals surface area contributed by atoms with Crippen LogP contribution in [0.5, 0.6) is 5.75 Å². The highest BCUT2D eigenvalue weighted by molar-refractivity contribution is 5.28. The highest BCUT2D eigenvalue weighted by Gasteiger charge is 2.30. The van der Waals surface area contributed by atoms with Gasteiger partial charge in [0.1, 0.15) is 18.2 Å². The van der Waals surface area contributed by atoms with Crippen LogP contribution >= 0.6 is 0 Å². The van der Waals surface area contributed by atoms with Gasteiger partial charge in [0.25, 0.3) is 0 Å². The molecule has 114 valence electrons. The largest absolute Gasteiger partial charge is 0.486 e. The lowest BCUT2D eigenvalue weighted by Gasteiger charge is -2.14. The van der Waals surface area contributed by atoms with E-state index >= 15 is 0 Å². The van der Waals surface area contributed by atoms with Gasteiger partial charge in [0.15, 0.2) is 0 Å². The fourth-order valence-electron chi connectivity index (χ4n) is 2.20. The molecule has 0 spiro atoms. The van der Waals surface area contributed by atoms with Gasteiger partial charge in [-0.2, -0.15) is 13.2 Å². The molecule has 2 aromatic rings. The van der Waals surface area contributed by atoms with Crippen molar-refractivity contribution in [3.05, 3.63) is 47.5 Å². The van der Waals surface area contributed by atoms with Crippen molar-refractivity contribution in [2.75, 3.05) is 0 Å². The number of alkyl halides is 3. The van der Waals surface area contributed by atoms with Gasteiger partial charge < -0.3 is 9.30 Å². The van der Waals surface area contributed by atoms with Crippen LogP contribution in [0.15, 0.2) is 30.5 Å². The van der Waals surface area contributed by atoms with E-state index in [0.29, 0.717) is 5.75 Å². The molecule has 1 heterocycles. The molecule has 0 bridgehead atoms. The molecule has 6 heteroatoms. The quantitative estimate of drug-likeness (QED) is 0.838. The maximum atomic E-state index is 12.5. The molecule has 2 rings (SSSR count). The van der Waals surface area contributed by atoms with Crippen LogP contribution < -0.4 is 4.74 Å². The van der Waals surface area contributed by atoms with Crippen molar-refractivity contribution in [3.8, 4) is 5.75 Å². The molecule has 0 saturated carbocycles. The van der Waals surface area contributed by atoms with Crippen molar-refractivity contribution in [3.63, 3.8) is 0 Å². The first-order valence-corrected chi connectivity index (χ1v) is 6.62. The lowest BCUT2D eigenvalue weighted by atomic mass is 10.2. The zero-order valence-corrected chi connectivity index (χ0v) is 12.1. The fraction of sp³-hybridized carbons (Fsp3) is 0.400.